The van der Waals surface area contributed by atoms with E-state index in [0.717, 1.165) is 5.69 Å². The first-order valence-electron chi connectivity index (χ1n) is 6.38. The molecule has 0 amide bonds. The van der Waals surface area contributed by atoms with Crippen molar-refractivity contribution in [3.63, 3.8) is 0 Å². The highest BCUT2D eigenvalue weighted by molar-refractivity contribution is 6.30. The van der Waals surface area contributed by atoms with Gasteiger partial charge in [-0.25, -0.2) is 8.78 Å². The van der Waals surface area contributed by atoms with E-state index in [1.165, 1.54) is 4.68 Å². The van der Waals surface area contributed by atoms with Crippen molar-refractivity contribution in [1.29, 1.82) is 0 Å². The van der Waals surface area contributed by atoms with Gasteiger partial charge in [-0.1, -0.05) is 11.6 Å². The molecule has 1 aliphatic rings. The Morgan fingerprint density at radius 2 is 2.05 bits per heavy atom. The van der Waals surface area contributed by atoms with Gasteiger partial charge < -0.3 is 0 Å². The van der Waals surface area contributed by atoms with Crippen LogP contribution in [0.2, 0.25) is 5.15 Å². The van der Waals surface area contributed by atoms with Crippen LogP contribution in [0.25, 0.3) is 0 Å². The SMILES string of the molecule is Cc1nn(C)c(Cl)c1CC(=O)C1CCC(F)(F)CC1. The van der Waals surface area contributed by atoms with E-state index in [-0.39, 0.29) is 43.8 Å². The van der Waals surface area contributed by atoms with Gasteiger partial charge in [-0.05, 0) is 19.8 Å². The van der Waals surface area contributed by atoms with Crippen molar-refractivity contribution in [2.75, 3.05) is 0 Å². The van der Waals surface area contributed by atoms with Crippen molar-refractivity contribution in [3.05, 3.63) is 16.4 Å². The maximum Gasteiger partial charge on any atom is 0.248 e. The van der Waals surface area contributed by atoms with Gasteiger partial charge in [-0.2, -0.15) is 5.10 Å². The van der Waals surface area contributed by atoms with Crippen molar-refractivity contribution in [3.8, 4) is 0 Å². The Balaban J connectivity index is 2.02. The number of ketones is 1. The second-order valence-electron chi connectivity index (χ2n) is 5.25. The van der Waals surface area contributed by atoms with E-state index < -0.39 is 5.92 Å². The van der Waals surface area contributed by atoms with E-state index in [1.54, 1.807) is 14.0 Å². The lowest BCUT2D eigenvalue weighted by atomic mass is 9.82. The van der Waals surface area contributed by atoms with E-state index in [2.05, 4.69) is 5.10 Å². The summed E-state index contributed by atoms with van der Waals surface area (Å²) >= 11 is 6.07. The van der Waals surface area contributed by atoms with Crippen molar-refractivity contribution in [1.82, 2.24) is 9.78 Å². The Bertz CT molecular complexity index is 489. The molecule has 0 saturated heterocycles. The number of aromatic nitrogens is 2. The van der Waals surface area contributed by atoms with Gasteiger partial charge in [0.25, 0.3) is 0 Å². The lowest BCUT2D eigenvalue weighted by molar-refractivity contribution is -0.126. The second kappa shape index (κ2) is 5.19. The molecule has 0 bridgehead atoms. The molecule has 1 aromatic rings. The van der Waals surface area contributed by atoms with Gasteiger partial charge in [0.15, 0.2) is 0 Å². The van der Waals surface area contributed by atoms with Crippen LogP contribution < -0.4 is 0 Å². The first kappa shape index (κ1) is 14.4. The van der Waals surface area contributed by atoms with E-state index in [0.29, 0.717) is 10.7 Å². The van der Waals surface area contributed by atoms with Crippen LogP contribution in [0.4, 0.5) is 8.78 Å². The minimum Gasteiger partial charge on any atom is -0.299 e. The molecule has 2 rings (SSSR count). The summed E-state index contributed by atoms with van der Waals surface area (Å²) in [5, 5.41) is 4.60. The van der Waals surface area contributed by atoms with Gasteiger partial charge in [-0.15, -0.1) is 0 Å². The van der Waals surface area contributed by atoms with Crippen molar-refractivity contribution >= 4 is 17.4 Å². The quantitative estimate of drug-likeness (QED) is 0.856. The van der Waals surface area contributed by atoms with Gasteiger partial charge in [0.2, 0.25) is 5.92 Å². The highest BCUT2D eigenvalue weighted by Gasteiger charge is 2.37. The van der Waals surface area contributed by atoms with Crippen LogP contribution >= 0.6 is 11.6 Å². The van der Waals surface area contributed by atoms with Gasteiger partial charge >= 0.3 is 0 Å². The molecule has 106 valence electrons. The minimum absolute atomic E-state index is 0.00602. The number of hydrogen-bond donors (Lipinski definition) is 0. The number of halogens is 3. The smallest absolute Gasteiger partial charge is 0.248 e. The number of nitrogens with zero attached hydrogens (tertiary/aromatic N) is 2. The molecule has 1 heterocycles. The monoisotopic (exact) mass is 290 g/mol. The van der Waals surface area contributed by atoms with Gasteiger partial charge in [0, 0.05) is 37.8 Å². The van der Waals surface area contributed by atoms with Crippen LogP contribution in [0.3, 0.4) is 0 Å². The molecule has 1 fully saturated rings. The van der Waals surface area contributed by atoms with Crippen molar-refractivity contribution in [2.24, 2.45) is 13.0 Å². The number of hydrogen-bond acceptors (Lipinski definition) is 2. The van der Waals surface area contributed by atoms with Crippen LogP contribution in [-0.4, -0.2) is 21.5 Å². The van der Waals surface area contributed by atoms with E-state index in [4.69, 9.17) is 11.6 Å². The first-order chi connectivity index (χ1) is 8.80. The van der Waals surface area contributed by atoms with E-state index in [9.17, 15) is 13.6 Å². The number of alkyl halides is 2. The van der Waals surface area contributed by atoms with Gasteiger partial charge in [0.1, 0.15) is 10.9 Å². The van der Waals surface area contributed by atoms with Crippen LogP contribution in [0.5, 0.6) is 0 Å². The minimum atomic E-state index is -2.60. The largest absolute Gasteiger partial charge is 0.299 e. The average molecular weight is 291 g/mol. The molecule has 3 nitrogen and oxygen atoms in total. The van der Waals surface area contributed by atoms with E-state index >= 15 is 0 Å². The lowest BCUT2D eigenvalue weighted by Gasteiger charge is -2.27. The molecule has 1 saturated carbocycles. The van der Waals surface area contributed by atoms with Crippen molar-refractivity contribution < 1.29 is 13.6 Å². The zero-order chi connectivity index (χ0) is 14.2. The molecule has 0 aliphatic heterocycles. The zero-order valence-corrected chi connectivity index (χ0v) is 11.8. The Kier molecular flexibility index (Phi) is 3.95. The molecule has 0 N–H and O–H groups in total. The standard InChI is InChI=1S/C13H17ClF2N2O/c1-8-10(12(14)18(2)17-8)7-11(19)9-3-5-13(15,16)6-4-9/h9H,3-7H2,1-2H3. The highest BCUT2D eigenvalue weighted by Crippen LogP contribution is 2.37. The Morgan fingerprint density at radius 3 is 2.53 bits per heavy atom. The second-order valence-corrected chi connectivity index (χ2v) is 5.61. The molecule has 1 aliphatic carbocycles. The molecule has 0 radical (unpaired) electrons. The maximum atomic E-state index is 13.1. The Labute approximate surface area is 115 Å². The molecular formula is C13H17ClF2N2O. The predicted octanol–water partition coefficient (Wildman–Crippen LogP) is 3.32. The Hall–Kier alpha value is -0.970. The maximum absolute atomic E-state index is 13.1. The third-order valence-corrected chi connectivity index (χ3v) is 4.27. The summed E-state index contributed by atoms with van der Waals surface area (Å²) in [5.41, 5.74) is 1.44. The topological polar surface area (TPSA) is 34.9 Å². The molecule has 0 spiro atoms. The summed E-state index contributed by atoms with van der Waals surface area (Å²) < 4.78 is 27.6. The Morgan fingerprint density at radius 1 is 1.47 bits per heavy atom. The summed E-state index contributed by atoms with van der Waals surface area (Å²) in [4.78, 5) is 12.2. The molecule has 0 aromatic carbocycles. The summed E-state index contributed by atoms with van der Waals surface area (Å²) in [6.07, 6.45) is 0.340. The lowest BCUT2D eigenvalue weighted by Crippen LogP contribution is -2.29. The summed E-state index contributed by atoms with van der Waals surface area (Å²) in [6, 6.07) is 0. The zero-order valence-electron chi connectivity index (χ0n) is 11.0. The van der Waals surface area contributed by atoms with Gasteiger partial charge in [-0.3, -0.25) is 9.48 Å². The number of aryl methyl sites for hydroxylation is 2. The number of rotatable bonds is 3. The number of Topliss-reactive ketones (excluding diaryl/α,β-unsaturated/α-hetero) is 1. The normalized spacial score (nSPS) is 19.6. The first-order valence-corrected chi connectivity index (χ1v) is 6.76. The molecular weight excluding hydrogens is 274 g/mol. The van der Waals surface area contributed by atoms with E-state index in [1.807, 2.05) is 0 Å². The van der Waals surface area contributed by atoms with Crippen molar-refractivity contribution in [2.45, 2.75) is 45.0 Å². The van der Waals surface area contributed by atoms with Crippen LogP contribution in [0, 0.1) is 12.8 Å². The molecule has 0 atom stereocenters. The fourth-order valence-corrected chi connectivity index (χ4v) is 2.80. The summed E-state index contributed by atoms with van der Waals surface area (Å²) in [6.45, 7) is 1.80. The predicted molar refractivity (Wildman–Crippen MR) is 68.6 cm³/mol. The fraction of sp³-hybridized carbons (Fsp3) is 0.692. The van der Waals surface area contributed by atoms with Crippen LogP contribution in [0.15, 0.2) is 0 Å². The summed E-state index contributed by atoms with van der Waals surface area (Å²) in [7, 11) is 1.71. The third-order valence-electron chi connectivity index (χ3n) is 3.79. The molecule has 0 unspecified atom stereocenters. The van der Waals surface area contributed by atoms with Crippen LogP contribution in [0.1, 0.15) is 36.9 Å². The molecule has 19 heavy (non-hydrogen) atoms. The molecule has 1 aromatic heterocycles. The highest BCUT2D eigenvalue weighted by atomic mass is 35.5. The van der Waals surface area contributed by atoms with Crippen LogP contribution in [-0.2, 0) is 18.3 Å². The average Bonchev–Trinajstić information content (AvgIpc) is 2.56. The fourth-order valence-electron chi connectivity index (χ4n) is 2.56. The summed E-state index contributed by atoms with van der Waals surface area (Å²) in [5.74, 6) is -2.87. The van der Waals surface area contributed by atoms with Gasteiger partial charge in [0.05, 0.1) is 5.69 Å². The third kappa shape index (κ3) is 3.14. The number of carbonyl (C=O) groups excluding carboxylic acids is 1. The molecule has 6 heteroatoms. The number of carbonyl (C=O) groups is 1.